The number of pyridine rings is 1. The summed E-state index contributed by atoms with van der Waals surface area (Å²) in [5, 5.41) is 11.9. The summed E-state index contributed by atoms with van der Waals surface area (Å²) in [4.78, 5) is 29.3. The fraction of sp³-hybridized carbons (Fsp3) is 0.435. The van der Waals surface area contributed by atoms with E-state index in [9.17, 15) is 23.3 Å². The largest absolute Gasteiger partial charge is 0.326 e. The number of hydrogen-bond donors (Lipinski definition) is 2. The van der Waals surface area contributed by atoms with Crippen LogP contribution in [0, 0.1) is 25.2 Å². The first-order valence-corrected chi connectivity index (χ1v) is 12.4. The van der Waals surface area contributed by atoms with Gasteiger partial charge < -0.3 is 15.2 Å². The van der Waals surface area contributed by atoms with Crippen LogP contribution in [0.25, 0.3) is 0 Å². The molecule has 1 saturated heterocycles. The van der Waals surface area contributed by atoms with Gasteiger partial charge in [-0.3, -0.25) is 9.59 Å². The number of carbonyl (C=O) groups is 1. The molecule has 0 aliphatic carbocycles. The molecule has 1 fully saturated rings. The van der Waals surface area contributed by atoms with Gasteiger partial charge in [0.15, 0.2) is 0 Å². The van der Waals surface area contributed by atoms with Crippen LogP contribution in [0.1, 0.15) is 35.7 Å². The Morgan fingerprint density at radius 3 is 2.36 bits per heavy atom. The van der Waals surface area contributed by atoms with Gasteiger partial charge in [0.25, 0.3) is 5.56 Å². The van der Waals surface area contributed by atoms with E-state index < -0.39 is 15.6 Å². The molecule has 1 aromatic carbocycles. The first-order valence-electron chi connectivity index (χ1n) is 10.9. The molecule has 0 unspecified atom stereocenters. The molecule has 0 atom stereocenters. The molecule has 0 spiro atoms. The van der Waals surface area contributed by atoms with Crippen molar-refractivity contribution in [3.63, 3.8) is 0 Å². The third-order valence-corrected chi connectivity index (χ3v) is 7.99. The number of sulfonamides is 1. The van der Waals surface area contributed by atoms with Gasteiger partial charge in [0, 0.05) is 44.0 Å². The first kappa shape index (κ1) is 24.6. The Labute approximate surface area is 194 Å². The normalized spacial score (nSPS) is 15.2. The van der Waals surface area contributed by atoms with Crippen molar-refractivity contribution in [2.24, 2.45) is 0 Å². The number of amides is 1. The average Bonchev–Trinajstić information content (AvgIpc) is 2.79. The molecule has 1 aliphatic rings. The van der Waals surface area contributed by atoms with Crippen molar-refractivity contribution in [2.75, 3.05) is 38.0 Å². The topological polar surface area (TPSA) is 126 Å². The highest BCUT2D eigenvalue weighted by Crippen LogP contribution is 2.20. The molecular formula is C23H29N5O4S. The second kappa shape index (κ2) is 10.3. The third-order valence-electron chi connectivity index (χ3n) is 6.08. The molecule has 33 heavy (non-hydrogen) atoms. The fourth-order valence-electron chi connectivity index (χ4n) is 4.03. The van der Waals surface area contributed by atoms with Crippen molar-refractivity contribution >= 4 is 21.6 Å². The van der Waals surface area contributed by atoms with E-state index in [2.05, 4.69) is 22.1 Å². The van der Waals surface area contributed by atoms with Crippen LogP contribution >= 0.6 is 0 Å². The zero-order valence-corrected chi connectivity index (χ0v) is 20.0. The lowest BCUT2D eigenvalue weighted by Gasteiger charge is -2.33. The number of benzene rings is 1. The number of aryl methyl sites for hydroxylation is 1. The van der Waals surface area contributed by atoms with Crippen LogP contribution in [0.5, 0.6) is 0 Å². The Morgan fingerprint density at radius 1 is 1.15 bits per heavy atom. The number of likely N-dealkylation sites (N-methyl/N-ethyl adjacent to an activating group) is 1. The summed E-state index contributed by atoms with van der Waals surface area (Å²) in [5.41, 5.74) is 2.12. The minimum atomic E-state index is -3.57. The van der Waals surface area contributed by atoms with Gasteiger partial charge >= 0.3 is 0 Å². The van der Waals surface area contributed by atoms with Crippen molar-refractivity contribution in [1.82, 2.24) is 14.2 Å². The van der Waals surface area contributed by atoms with Gasteiger partial charge in [-0.25, -0.2) is 8.42 Å². The quantitative estimate of drug-likeness (QED) is 0.634. The molecule has 2 heterocycles. The van der Waals surface area contributed by atoms with Gasteiger partial charge in [0.1, 0.15) is 11.6 Å². The molecule has 10 heteroatoms. The smallest absolute Gasteiger partial charge is 0.266 e. The number of nitrogens with one attached hydrogen (secondary N) is 2. The molecular weight excluding hydrogens is 442 g/mol. The zero-order valence-electron chi connectivity index (χ0n) is 19.1. The number of nitrogens with zero attached hydrogens (tertiary/aromatic N) is 3. The molecule has 1 amide bonds. The number of aromatic amines is 1. The van der Waals surface area contributed by atoms with Crippen molar-refractivity contribution in [3.05, 3.63) is 57.0 Å². The van der Waals surface area contributed by atoms with Crippen LogP contribution in [-0.2, 0) is 21.2 Å². The highest BCUT2D eigenvalue weighted by Gasteiger charge is 2.27. The summed E-state index contributed by atoms with van der Waals surface area (Å²) >= 11 is 0. The summed E-state index contributed by atoms with van der Waals surface area (Å²) in [7, 11) is -3.57. The number of anilines is 1. The summed E-state index contributed by atoms with van der Waals surface area (Å²) < 4.78 is 27.3. The lowest BCUT2D eigenvalue weighted by molar-refractivity contribution is -0.116. The molecule has 3 rings (SSSR count). The minimum Gasteiger partial charge on any atom is -0.326 e. The van der Waals surface area contributed by atoms with Crippen molar-refractivity contribution in [2.45, 2.75) is 38.5 Å². The first-order chi connectivity index (χ1) is 15.7. The van der Waals surface area contributed by atoms with Gasteiger partial charge in [-0.15, -0.1) is 0 Å². The highest BCUT2D eigenvalue weighted by molar-refractivity contribution is 7.89. The number of piperazine rings is 1. The predicted octanol–water partition coefficient (Wildman–Crippen LogP) is 1.76. The highest BCUT2D eigenvalue weighted by atomic mass is 32.2. The molecule has 176 valence electrons. The number of rotatable bonds is 7. The van der Waals surface area contributed by atoms with E-state index in [1.807, 2.05) is 6.07 Å². The molecule has 0 radical (unpaired) electrons. The molecule has 2 N–H and O–H groups in total. The van der Waals surface area contributed by atoms with Crippen LogP contribution < -0.4 is 10.9 Å². The van der Waals surface area contributed by atoms with Crippen molar-refractivity contribution in [1.29, 1.82) is 5.26 Å². The lowest BCUT2D eigenvalue weighted by atomic mass is 9.99. The second-order valence-electron chi connectivity index (χ2n) is 8.08. The van der Waals surface area contributed by atoms with Crippen molar-refractivity contribution < 1.29 is 13.2 Å². The van der Waals surface area contributed by atoms with E-state index in [4.69, 9.17) is 0 Å². The van der Waals surface area contributed by atoms with Crippen LogP contribution in [0.3, 0.4) is 0 Å². The van der Waals surface area contributed by atoms with E-state index in [0.717, 1.165) is 12.1 Å². The fourth-order valence-corrected chi connectivity index (χ4v) is 5.45. The monoisotopic (exact) mass is 471 g/mol. The Hall–Kier alpha value is -3.00. The second-order valence-corrected chi connectivity index (χ2v) is 10.0. The number of nitriles is 1. The van der Waals surface area contributed by atoms with Gasteiger partial charge in [-0.1, -0.05) is 6.92 Å². The lowest BCUT2D eigenvalue weighted by Crippen LogP contribution is -2.48. The van der Waals surface area contributed by atoms with E-state index in [0.29, 0.717) is 49.5 Å². The van der Waals surface area contributed by atoms with E-state index in [1.165, 1.54) is 16.4 Å². The summed E-state index contributed by atoms with van der Waals surface area (Å²) in [5.74, 6) is -0.246. The third kappa shape index (κ3) is 5.50. The van der Waals surface area contributed by atoms with Crippen LogP contribution in [0.15, 0.2) is 34.0 Å². The van der Waals surface area contributed by atoms with E-state index in [1.54, 1.807) is 26.0 Å². The average molecular weight is 472 g/mol. The number of hydrogen-bond acceptors (Lipinski definition) is 6. The Bertz CT molecular complexity index is 1220. The zero-order chi connectivity index (χ0) is 24.2. The van der Waals surface area contributed by atoms with Crippen LogP contribution in [0.2, 0.25) is 0 Å². The number of aromatic nitrogens is 1. The summed E-state index contributed by atoms with van der Waals surface area (Å²) in [6.07, 6.45) is 0.519. The maximum atomic E-state index is 12.9. The molecule has 1 aromatic heterocycles. The predicted molar refractivity (Wildman–Crippen MR) is 126 cm³/mol. The van der Waals surface area contributed by atoms with Gasteiger partial charge in [0.05, 0.1) is 4.90 Å². The van der Waals surface area contributed by atoms with E-state index >= 15 is 0 Å². The maximum absolute atomic E-state index is 12.9. The maximum Gasteiger partial charge on any atom is 0.266 e. The number of carbonyl (C=O) groups excluding carboxylic acids is 1. The van der Waals surface area contributed by atoms with Crippen LogP contribution in [0.4, 0.5) is 5.69 Å². The van der Waals surface area contributed by atoms with Gasteiger partial charge in [-0.2, -0.15) is 9.57 Å². The summed E-state index contributed by atoms with van der Waals surface area (Å²) in [6, 6.07) is 8.08. The SMILES string of the molecule is CCN1CCN(S(=O)(=O)c2ccc(NC(=O)CCc3c(C)[nH]c(=O)c(C#N)c3C)cc2)CC1. The molecule has 1 aliphatic heterocycles. The standard InChI is InChI=1S/C23H29N5O4S/c1-4-27-11-13-28(14-12-27)33(31,32)19-7-5-18(6-8-19)26-22(29)10-9-20-16(2)21(15-24)23(30)25-17(20)3/h5-8H,4,9-14H2,1-3H3,(H,25,30)(H,26,29). The van der Waals surface area contributed by atoms with Crippen molar-refractivity contribution in [3.8, 4) is 6.07 Å². The molecule has 2 aromatic rings. The van der Waals surface area contributed by atoms with Gasteiger partial charge in [0.2, 0.25) is 15.9 Å². The van der Waals surface area contributed by atoms with Crippen LogP contribution in [-0.4, -0.2) is 61.2 Å². The Kier molecular flexibility index (Phi) is 7.68. The minimum absolute atomic E-state index is 0.0592. The van der Waals surface area contributed by atoms with Gasteiger partial charge in [-0.05, 0) is 62.2 Å². The Balaban J connectivity index is 1.62. The molecule has 9 nitrogen and oxygen atoms in total. The molecule has 0 bridgehead atoms. The Morgan fingerprint density at radius 2 is 1.79 bits per heavy atom. The van der Waals surface area contributed by atoms with E-state index in [-0.39, 0.29) is 22.8 Å². The summed E-state index contributed by atoms with van der Waals surface area (Å²) in [6.45, 7) is 8.77. The number of H-pyrrole nitrogens is 1. The molecule has 0 saturated carbocycles.